The predicted molar refractivity (Wildman–Crippen MR) is 70.9 cm³/mol. The number of hydrogen-bond acceptors (Lipinski definition) is 3. The van der Waals surface area contributed by atoms with Crippen molar-refractivity contribution in [1.29, 1.82) is 0 Å². The summed E-state index contributed by atoms with van der Waals surface area (Å²) in [4.78, 5) is 4.46. The van der Waals surface area contributed by atoms with Gasteiger partial charge >= 0.3 is 0 Å². The van der Waals surface area contributed by atoms with Crippen LogP contribution in [0.25, 0.3) is 0 Å². The number of hydrogen-bond donors (Lipinski definition) is 1. The Morgan fingerprint density at radius 1 is 1.12 bits per heavy atom. The average molecular weight is 221 g/mol. The minimum atomic E-state index is 0.619. The van der Waals surface area contributed by atoms with Crippen LogP contribution in [0.1, 0.15) is 11.1 Å². The van der Waals surface area contributed by atoms with Crippen LogP contribution in [0.2, 0.25) is 0 Å². The molecule has 0 amide bonds. The molecule has 0 bridgehead atoms. The highest BCUT2D eigenvalue weighted by molar-refractivity contribution is 5.50. The quantitative estimate of drug-likeness (QED) is 0.817. The Morgan fingerprint density at radius 2 is 1.81 bits per heavy atom. The third-order valence-electron chi connectivity index (χ3n) is 2.87. The highest BCUT2D eigenvalue weighted by atomic mass is 15.1. The number of nitrogens with zero attached hydrogens (tertiary/aromatic N) is 2. The van der Waals surface area contributed by atoms with Crippen molar-refractivity contribution in [3.63, 3.8) is 0 Å². The van der Waals surface area contributed by atoms with Crippen molar-refractivity contribution in [2.24, 2.45) is 5.73 Å². The van der Waals surface area contributed by atoms with E-state index in [4.69, 9.17) is 5.73 Å². The van der Waals surface area contributed by atoms with Crippen LogP contribution in [0, 0.1) is 6.92 Å². The third-order valence-corrected chi connectivity index (χ3v) is 2.87. The lowest BCUT2D eigenvalue weighted by Gasteiger charge is -2.22. The molecule has 0 aromatic heterocycles. The summed E-state index contributed by atoms with van der Waals surface area (Å²) in [6.45, 7) is 4.83. The summed E-state index contributed by atoms with van der Waals surface area (Å²) in [5, 5.41) is 0. The molecule has 2 N–H and O–H groups in total. The molecule has 0 saturated carbocycles. The van der Waals surface area contributed by atoms with Crippen molar-refractivity contribution >= 4 is 5.69 Å². The van der Waals surface area contributed by atoms with E-state index in [0.717, 1.165) is 13.1 Å². The van der Waals surface area contributed by atoms with E-state index >= 15 is 0 Å². The van der Waals surface area contributed by atoms with Gasteiger partial charge in [-0.05, 0) is 44.3 Å². The van der Waals surface area contributed by atoms with Gasteiger partial charge < -0.3 is 15.5 Å². The van der Waals surface area contributed by atoms with Gasteiger partial charge in [-0.3, -0.25) is 0 Å². The first-order valence-corrected chi connectivity index (χ1v) is 5.70. The maximum absolute atomic E-state index is 5.65. The SMILES string of the molecule is Cc1cc(N(C)CCN(C)C)ccc1CN. The van der Waals surface area contributed by atoms with Crippen LogP contribution >= 0.6 is 0 Å². The van der Waals surface area contributed by atoms with E-state index in [1.807, 2.05) is 0 Å². The Morgan fingerprint density at radius 3 is 2.31 bits per heavy atom. The Kier molecular flexibility index (Phi) is 4.77. The van der Waals surface area contributed by atoms with Crippen molar-refractivity contribution < 1.29 is 0 Å². The van der Waals surface area contributed by atoms with Crippen molar-refractivity contribution in [2.75, 3.05) is 39.1 Å². The molecule has 0 spiro atoms. The molecule has 0 aliphatic rings. The predicted octanol–water partition coefficient (Wildman–Crippen LogP) is 1.45. The van der Waals surface area contributed by atoms with Gasteiger partial charge in [0.2, 0.25) is 0 Å². The van der Waals surface area contributed by atoms with E-state index in [2.05, 4.69) is 56.1 Å². The second-order valence-corrected chi connectivity index (χ2v) is 4.54. The van der Waals surface area contributed by atoms with E-state index in [1.165, 1.54) is 16.8 Å². The minimum absolute atomic E-state index is 0.619. The number of benzene rings is 1. The van der Waals surface area contributed by atoms with Gasteiger partial charge in [-0.2, -0.15) is 0 Å². The lowest BCUT2D eigenvalue weighted by molar-refractivity contribution is 0.416. The van der Waals surface area contributed by atoms with Crippen LogP contribution in [0.4, 0.5) is 5.69 Å². The van der Waals surface area contributed by atoms with Gasteiger partial charge in [-0.25, -0.2) is 0 Å². The highest BCUT2D eigenvalue weighted by Gasteiger charge is 2.03. The summed E-state index contributed by atoms with van der Waals surface area (Å²) >= 11 is 0. The van der Waals surface area contributed by atoms with E-state index in [0.29, 0.717) is 6.54 Å². The number of likely N-dealkylation sites (N-methyl/N-ethyl adjacent to an activating group) is 2. The van der Waals surface area contributed by atoms with Crippen molar-refractivity contribution in [1.82, 2.24) is 4.90 Å². The van der Waals surface area contributed by atoms with Gasteiger partial charge in [0.1, 0.15) is 0 Å². The van der Waals surface area contributed by atoms with Crippen LogP contribution < -0.4 is 10.6 Å². The summed E-state index contributed by atoms with van der Waals surface area (Å²) in [5.74, 6) is 0. The Hall–Kier alpha value is -1.06. The minimum Gasteiger partial charge on any atom is -0.373 e. The van der Waals surface area contributed by atoms with Crippen LogP contribution in [0.15, 0.2) is 18.2 Å². The molecule has 1 aromatic carbocycles. The fraction of sp³-hybridized carbons (Fsp3) is 0.538. The first-order valence-electron chi connectivity index (χ1n) is 5.70. The number of anilines is 1. The molecule has 0 aliphatic carbocycles. The monoisotopic (exact) mass is 221 g/mol. The molecule has 3 nitrogen and oxygen atoms in total. The molecule has 0 aliphatic heterocycles. The molecule has 90 valence electrons. The van der Waals surface area contributed by atoms with Crippen LogP contribution in [0.5, 0.6) is 0 Å². The van der Waals surface area contributed by atoms with E-state index in [1.54, 1.807) is 0 Å². The molecule has 3 heteroatoms. The van der Waals surface area contributed by atoms with Gasteiger partial charge in [0.05, 0.1) is 0 Å². The molecular formula is C13H23N3. The molecule has 1 rings (SSSR count). The molecule has 0 saturated heterocycles. The second kappa shape index (κ2) is 5.87. The fourth-order valence-corrected chi connectivity index (χ4v) is 1.63. The van der Waals surface area contributed by atoms with Gasteiger partial charge in [0.25, 0.3) is 0 Å². The number of rotatable bonds is 5. The maximum Gasteiger partial charge on any atom is 0.0366 e. The standard InChI is InChI=1S/C13H23N3/c1-11-9-13(6-5-12(11)10-14)16(4)8-7-15(2)3/h5-6,9H,7-8,10,14H2,1-4H3. The highest BCUT2D eigenvalue weighted by Crippen LogP contribution is 2.17. The van der Waals surface area contributed by atoms with Gasteiger partial charge in [-0.1, -0.05) is 6.07 Å². The summed E-state index contributed by atoms with van der Waals surface area (Å²) in [7, 11) is 6.31. The van der Waals surface area contributed by atoms with Gasteiger partial charge in [0, 0.05) is 32.4 Å². The first-order chi connectivity index (χ1) is 7.54. The van der Waals surface area contributed by atoms with Crippen molar-refractivity contribution in [2.45, 2.75) is 13.5 Å². The molecule has 0 radical (unpaired) electrons. The summed E-state index contributed by atoms with van der Waals surface area (Å²) in [6.07, 6.45) is 0. The summed E-state index contributed by atoms with van der Waals surface area (Å²) < 4.78 is 0. The maximum atomic E-state index is 5.65. The van der Waals surface area contributed by atoms with Crippen LogP contribution in [-0.4, -0.2) is 39.1 Å². The first kappa shape index (κ1) is 13.0. The zero-order valence-corrected chi connectivity index (χ0v) is 10.8. The number of nitrogens with two attached hydrogens (primary N) is 1. The largest absolute Gasteiger partial charge is 0.373 e. The zero-order chi connectivity index (χ0) is 12.1. The van der Waals surface area contributed by atoms with Crippen LogP contribution in [0.3, 0.4) is 0 Å². The van der Waals surface area contributed by atoms with Gasteiger partial charge in [0.15, 0.2) is 0 Å². The molecular weight excluding hydrogens is 198 g/mol. The van der Waals surface area contributed by atoms with Gasteiger partial charge in [-0.15, -0.1) is 0 Å². The Balaban J connectivity index is 2.69. The summed E-state index contributed by atoms with van der Waals surface area (Å²) in [5.41, 5.74) is 9.42. The molecule has 0 unspecified atom stereocenters. The average Bonchev–Trinajstić information content (AvgIpc) is 2.25. The normalized spacial score (nSPS) is 10.9. The Bertz CT molecular complexity index is 334. The fourth-order valence-electron chi connectivity index (χ4n) is 1.63. The van der Waals surface area contributed by atoms with E-state index in [-0.39, 0.29) is 0 Å². The topological polar surface area (TPSA) is 32.5 Å². The second-order valence-electron chi connectivity index (χ2n) is 4.54. The van der Waals surface area contributed by atoms with Crippen molar-refractivity contribution in [3.8, 4) is 0 Å². The zero-order valence-electron chi connectivity index (χ0n) is 10.8. The number of aryl methyl sites for hydroxylation is 1. The molecule has 0 fully saturated rings. The molecule has 16 heavy (non-hydrogen) atoms. The molecule has 0 heterocycles. The van der Waals surface area contributed by atoms with Crippen molar-refractivity contribution in [3.05, 3.63) is 29.3 Å². The van der Waals surface area contributed by atoms with E-state index in [9.17, 15) is 0 Å². The molecule has 1 aromatic rings. The Labute approximate surface area is 98.8 Å². The smallest absolute Gasteiger partial charge is 0.0366 e. The summed E-state index contributed by atoms with van der Waals surface area (Å²) in [6, 6.07) is 6.47. The third kappa shape index (κ3) is 3.51. The lowest BCUT2D eigenvalue weighted by Crippen LogP contribution is -2.28. The molecule has 0 atom stereocenters. The lowest BCUT2D eigenvalue weighted by atomic mass is 10.1. The van der Waals surface area contributed by atoms with E-state index < -0.39 is 0 Å². The van der Waals surface area contributed by atoms with Crippen LogP contribution in [-0.2, 0) is 6.54 Å².